The van der Waals surface area contributed by atoms with Crippen LogP contribution < -0.4 is 16.1 Å². The molecule has 0 aromatic heterocycles. The molecule has 124 valence electrons. The SMILES string of the molecule is N#CC1(NC(=O)C2=NN(c3ccccc3)C(C(N)=O)C2)CCCC1. The Hall–Kier alpha value is -2.88. The number of nitriles is 1. The van der Waals surface area contributed by atoms with Crippen molar-refractivity contribution >= 4 is 23.2 Å². The van der Waals surface area contributed by atoms with Gasteiger partial charge in [-0.2, -0.15) is 10.4 Å². The molecule has 7 heteroatoms. The van der Waals surface area contributed by atoms with E-state index in [1.807, 2.05) is 18.2 Å². The van der Waals surface area contributed by atoms with Crippen LogP contribution in [0.2, 0.25) is 0 Å². The van der Waals surface area contributed by atoms with Gasteiger partial charge in [-0.05, 0) is 37.8 Å². The maximum atomic E-state index is 12.5. The molecule has 0 saturated heterocycles. The third-order valence-electron chi connectivity index (χ3n) is 4.55. The fourth-order valence-electron chi connectivity index (χ4n) is 3.22. The molecule has 1 aromatic carbocycles. The first kappa shape index (κ1) is 16.0. The van der Waals surface area contributed by atoms with Crippen LogP contribution in [0.15, 0.2) is 35.4 Å². The largest absolute Gasteiger partial charge is 0.368 e. The van der Waals surface area contributed by atoms with Crippen molar-refractivity contribution in [3.05, 3.63) is 30.3 Å². The van der Waals surface area contributed by atoms with E-state index in [1.54, 1.807) is 12.1 Å². The second-order valence-electron chi connectivity index (χ2n) is 6.20. The molecule has 0 bridgehead atoms. The topological polar surface area (TPSA) is 112 Å². The zero-order valence-corrected chi connectivity index (χ0v) is 13.2. The van der Waals surface area contributed by atoms with Gasteiger partial charge in [0.15, 0.2) is 0 Å². The highest BCUT2D eigenvalue weighted by Crippen LogP contribution is 2.30. The number of anilines is 1. The highest BCUT2D eigenvalue weighted by Gasteiger charge is 2.40. The van der Waals surface area contributed by atoms with Gasteiger partial charge in [0.05, 0.1) is 11.8 Å². The van der Waals surface area contributed by atoms with Crippen LogP contribution in [-0.4, -0.2) is 29.1 Å². The number of hydrogen-bond acceptors (Lipinski definition) is 5. The van der Waals surface area contributed by atoms with Crippen molar-refractivity contribution in [2.45, 2.75) is 43.7 Å². The smallest absolute Gasteiger partial charge is 0.268 e. The fourth-order valence-corrected chi connectivity index (χ4v) is 3.22. The first-order chi connectivity index (χ1) is 11.5. The van der Waals surface area contributed by atoms with Gasteiger partial charge in [0, 0.05) is 6.42 Å². The monoisotopic (exact) mass is 325 g/mol. The molecule has 2 aliphatic rings. The number of rotatable bonds is 4. The van der Waals surface area contributed by atoms with Gasteiger partial charge in [-0.25, -0.2) is 0 Å². The van der Waals surface area contributed by atoms with Crippen LogP contribution >= 0.6 is 0 Å². The summed E-state index contributed by atoms with van der Waals surface area (Å²) in [5.74, 6) is -0.940. The van der Waals surface area contributed by atoms with E-state index in [9.17, 15) is 14.9 Å². The van der Waals surface area contributed by atoms with Gasteiger partial charge < -0.3 is 11.1 Å². The number of nitrogens with two attached hydrogens (primary N) is 1. The van der Waals surface area contributed by atoms with Crippen LogP contribution in [0, 0.1) is 11.3 Å². The lowest BCUT2D eigenvalue weighted by molar-refractivity contribution is -0.119. The summed E-state index contributed by atoms with van der Waals surface area (Å²) < 4.78 is 0. The van der Waals surface area contributed by atoms with Crippen LogP contribution in [0.5, 0.6) is 0 Å². The summed E-state index contributed by atoms with van der Waals surface area (Å²) in [6.45, 7) is 0. The first-order valence-electron chi connectivity index (χ1n) is 7.99. The van der Waals surface area contributed by atoms with Crippen molar-refractivity contribution in [2.75, 3.05) is 5.01 Å². The predicted molar refractivity (Wildman–Crippen MR) is 88.9 cm³/mol. The van der Waals surface area contributed by atoms with E-state index in [0.29, 0.717) is 18.5 Å². The average Bonchev–Trinajstić information content (AvgIpc) is 3.23. The minimum absolute atomic E-state index is 0.136. The van der Waals surface area contributed by atoms with E-state index in [4.69, 9.17) is 5.73 Å². The van der Waals surface area contributed by atoms with E-state index in [-0.39, 0.29) is 12.1 Å². The van der Waals surface area contributed by atoms with Crippen LogP contribution in [0.1, 0.15) is 32.1 Å². The lowest BCUT2D eigenvalue weighted by atomic mass is 9.99. The number of carbonyl (C=O) groups excluding carboxylic acids is 2. The maximum Gasteiger partial charge on any atom is 0.268 e. The van der Waals surface area contributed by atoms with Crippen molar-refractivity contribution in [1.29, 1.82) is 5.26 Å². The number of hydrazone groups is 1. The summed E-state index contributed by atoms with van der Waals surface area (Å²) in [4.78, 5) is 24.3. The summed E-state index contributed by atoms with van der Waals surface area (Å²) in [6.07, 6.45) is 3.26. The number of nitrogens with one attached hydrogen (secondary N) is 1. The van der Waals surface area contributed by atoms with Gasteiger partial charge >= 0.3 is 0 Å². The maximum absolute atomic E-state index is 12.5. The quantitative estimate of drug-likeness (QED) is 0.862. The molecule has 1 aliphatic heterocycles. The Morgan fingerprint density at radius 1 is 1.29 bits per heavy atom. The Labute approximate surface area is 140 Å². The van der Waals surface area contributed by atoms with Crippen molar-refractivity contribution in [2.24, 2.45) is 10.8 Å². The molecule has 1 atom stereocenters. The summed E-state index contributed by atoms with van der Waals surface area (Å²) in [7, 11) is 0. The molecular weight excluding hydrogens is 306 g/mol. The van der Waals surface area contributed by atoms with E-state index in [2.05, 4.69) is 16.5 Å². The number of hydrogen-bond donors (Lipinski definition) is 2. The van der Waals surface area contributed by atoms with Crippen molar-refractivity contribution < 1.29 is 9.59 Å². The zero-order valence-electron chi connectivity index (χ0n) is 13.2. The minimum atomic E-state index is -0.817. The molecule has 2 amide bonds. The Kier molecular flexibility index (Phi) is 4.21. The Bertz CT molecular complexity index is 716. The zero-order chi connectivity index (χ0) is 17.2. The summed E-state index contributed by atoms with van der Waals surface area (Å²) in [6, 6.07) is 10.6. The van der Waals surface area contributed by atoms with Gasteiger partial charge in [-0.15, -0.1) is 0 Å². The number of nitrogens with zero attached hydrogens (tertiary/aromatic N) is 3. The van der Waals surface area contributed by atoms with E-state index in [1.165, 1.54) is 5.01 Å². The van der Waals surface area contributed by atoms with Crippen LogP contribution in [0.3, 0.4) is 0 Å². The number of carbonyl (C=O) groups is 2. The summed E-state index contributed by atoms with van der Waals surface area (Å²) in [5.41, 5.74) is 5.57. The second-order valence-corrected chi connectivity index (χ2v) is 6.20. The lowest BCUT2D eigenvalue weighted by Gasteiger charge is -2.21. The van der Waals surface area contributed by atoms with E-state index < -0.39 is 23.4 Å². The van der Waals surface area contributed by atoms with Gasteiger partial charge in [0.1, 0.15) is 17.3 Å². The molecule has 1 aromatic rings. The number of amides is 2. The number of primary amides is 1. The fraction of sp³-hybridized carbons (Fsp3) is 0.412. The van der Waals surface area contributed by atoms with Crippen molar-refractivity contribution in [1.82, 2.24) is 5.32 Å². The molecule has 7 nitrogen and oxygen atoms in total. The molecule has 0 radical (unpaired) electrons. The average molecular weight is 325 g/mol. The predicted octanol–water partition coefficient (Wildman–Crippen LogP) is 1.06. The van der Waals surface area contributed by atoms with Gasteiger partial charge in [-0.1, -0.05) is 18.2 Å². The number of para-hydroxylation sites is 1. The van der Waals surface area contributed by atoms with E-state index >= 15 is 0 Å². The molecule has 24 heavy (non-hydrogen) atoms. The Morgan fingerprint density at radius 3 is 2.54 bits per heavy atom. The first-order valence-corrected chi connectivity index (χ1v) is 7.99. The van der Waals surface area contributed by atoms with Crippen LogP contribution in [-0.2, 0) is 9.59 Å². The van der Waals surface area contributed by atoms with Gasteiger partial charge in [-0.3, -0.25) is 14.6 Å². The summed E-state index contributed by atoms with van der Waals surface area (Å²) >= 11 is 0. The molecule has 1 heterocycles. The molecule has 1 unspecified atom stereocenters. The normalized spacial score (nSPS) is 21.9. The third-order valence-corrected chi connectivity index (χ3v) is 4.55. The standard InChI is InChI=1S/C17H19N5O2/c18-11-17(8-4-5-9-17)20-16(24)13-10-14(15(19)23)22(21-13)12-6-2-1-3-7-12/h1-3,6-7,14H,4-5,8-10H2,(H2,19,23)(H,20,24). The minimum Gasteiger partial charge on any atom is -0.368 e. The Morgan fingerprint density at radius 2 is 1.96 bits per heavy atom. The molecule has 1 saturated carbocycles. The second kappa shape index (κ2) is 6.32. The summed E-state index contributed by atoms with van der Waals surface area (Å²) in [5, 5.41) is 18.0. The lowest BCUT2D eigenvalue weighted by Crippen LogP contribution is -2.48. The van der Waals surface area contributed by atoms with Crippen LogP contribution in [0.25, 0.3) is 0 Å². The van der Waals surface area contributed by atoms with Crippen molar-refractivity contribution in [3.8, 4) is 6.07 Å². The van der Waals surface area contributed by atoms with Crippen molar-refractivity contribution in [3.63, 3.8) is 0 Å². The highest BCUT2D eigenvalue weighted by molar-refractivity contribution is 6.40. The van der Waals surface area contributed by atoms with Gasteiger partial charge in [0.25, 0.3) is 5.91 Å². The number of benzene rings is 1. The molecular formula is C17H19N5O2. The van der Waals surface area contributed by atoms with E-state index in [0.717, 1.165) is 12.8 Å². The Balaban J connectivity index is 1.82. The molecule has 3 rings (SSSR count). The molecule has 3 N–H and O–H groups in total. The van der Waals surface area contributed by atoms with Crippen LogP contribution in [0.4, 0.5) is 5.69 Å². The molecule has 0 spiro atoms. The molecule has 1 fully saturated rings. The molecule has 1 aliphatic carbocycles. The third kappa shape index (κ3) is 2.95. The highest BCUT2D eigenvalue weighted by atomic mass is 16.2. The van der Waals surface area contributed by atoms with Gasteiger partial charge in [0.2, 0.25) is 5.91 Å².